The van der Waals surface area contributed by atoms with E-state index in [1.54, 1.807) is 7.11 Å². The number of nitrogens with zero attached hydrogens (tertiary/aromatic N) is 1. The number of ether oxygens (including phenoxy) is 1. The zero-order valence-corrected chi connectivity index (χ0v) is 17.5. The minimum atomic E-state index is -4.52. The van der Waals surface area contributed by atoms with Gasteiger partial charge in [-0.05, 0) is 43.6 Å². The first-order chi connectivity index (χ1) is 14.2. The standard InChI is InChI=1S/C21H25F3N2O3S/c1-29-20-10-3-2-9-18(20)19(26-11-4-5-12-26)14-25-30(27,28)15-16-7-6-8-17(13-16)21(22,23)24/h2-3,6-10,13,19,25H,4-5,11-12,14-15H2,1H3/t19-/m1/s1. The van der Waals surface area contributed by atoms with Crippen molar-refractivity contribution in [2.24, 2.45) is 0 Å². The highest BCUT2D eigenvalue weighted by Crippen LogP contribution is 2.32. The minimum absolute atomic E-state index is 0.0901. The van der Waals surface area contributed by atoms with Gasteiger partial charge in [-0.15, -0.1) is 0 Å². The molecule has 2 aromatic carbocycles. The lowest BCUT2D eigenvalue weighted by molar-refractivity contribution is -0.137. The van der Waals surface area contributed by atoms with E-state index < -0.39 is 27.5 Å². The molecule has 9 heteroatoms. The summed E-state index contributed by atoms with van der Waals surface area (Å²) in [5, 5.41) is 0. The Labute approximate surface area is 174 Å². The molecule has 5 nitrogen and oxygen atoms in total. The molecule has 1 atom stereocenters. The van der Waals surface area contributed by atoms with Crippen molar-refractivity contribution in [1.82, 2.24) is 9.62 Å². The number of hydrogen-bond acceptors (Lipinski definition) is 4. The number of hydrogen-bond donors (Lipinski definition) is 1. The van der Waals surface area contributed by atoms with E-state index in [1.807, 2.05) is 24.3 Å². The molecule has 0 radical (unpaired) electrons. The summed E-state index contributed by atoms with van der Waals surface area (Å²) in [6.07, 6.45) is -2.46. The van der Waals surface area contributed by atoms with Gasteiger partial charge in [0.1, 0.15) is 5.75 Å². The summed E-state index contributed by atoms with van der Waals surface area (Å²) in [5.74, 6) is 0.154. The van der Waals surface area contributed by atoms with Crippen LogP contribution in [-0.2, 0) is 22.0 Å². The van der Waals surface area contributed by atoms with Crippen LogP contribution in [0.4, 0.5) is 13.2 Å². The summed E-state index contributed by atoms with van der Waals surface area (Å²) in [6, 6.07) is 11.6. The molecule has 3 rings (SSSR count). The predicted octanol–water partition coefficient (Wildman–Crippen LogP) is 3.97. The number of likely N-dealkylation sites (tertiary alicyclic amines) is 1. The Morgan fingerprint density at radius 2 is 1.80 bits per heavy atom. The molecule has 1 aliphatic heterocycles. The van der Waals surface area contributed by atoms with Crippen molar-refractivity contribution in [3.63, 3.8) is 0 Å². The molecule has 0 bridgehead atoms. The van der Waals surface area contributed by atoms with Gasteiger partial charge in [-0.1, -0.05) is 36.4 Å². The van der Waals surface area contributed by atoms with E-state index in [9.17, 15) is 21.6 Å². The van der Waals surface area contributed by atoms with E-state index >= 15 is 0 Å². The minimum Gasteiger partial charge on any atom is -0.496 e. The second kappa shape index (κ2) is 9.36. The van der Waals surface area contributed by atoms with Crippen molar-refractivity contribution in [1.29, 1.82) is 0 Å². The first kappa shape index (κ1) is 22.6. The number of sulfonamides is 1. The van der Waals surface area contributed by atoms with E-state index in [-0.39, 0.29) is 18.2 Å². The normalized spacial score (nSPS) is 16.5. The van der Waals surface area contributed by atoms with Crippen LogP contribution in [0.15, 0.2) is 48.5 Å². The SMILES string of the molecule is COc1ccccc1[C@@H](CNS(=O)(=O)Cc1cccc(C(F)(F)F)c1)N1CCCC1. The Balaban J connectivity index is 1.76. The first-order valence-electron chi connectivity index (χ1n) is 9.70. The van der Waals surface area contributed by atoms with Crippen LogP contribution in [0.3, 0.4) is 0 Å². The van der Waals surface area contributed by atoms with Crippen LogP contribution < -0.4 is 9.46 Å². The van der Waals surface area contributed by atoms with Crippen molar-refractivity contribution >= 4 is 10.0 Å². The fourth-order valence-corrected chi connectivity index (χ4v) is 4.88. The zero-order valence-electron chi connectivity index (χ0n) is 16.7. The summed E-state index contributed by atoms with van der Waals surface area (Å²) in [4.78, 5) is 2.20. The number of methoxy groups -OCH3 is 1. The third kappa shape index (κ3) is 5.74. The van der Waals surface area contributed by atoms with Crippen molar-refractivity contribution in [2.75, 3.05) is 26.7 Å². The summed E-state index contributed by atoms with van der Waals surface area (Å²) >= 11 is 0. The van der Waals surface area contributed by atoms with Crippen LogP contribution >= 0.6 is 0 Å². The number of nitrogens with one attached hydrogen (secondary N) is 1. The average Bonchev–Trinajstić information content (AvgIpc) is 3.22. The lowest BCUT2D eigenvalue weighted by Gasteiger charge is -2.29. The van der Waals surface area contributed by atoms with Gasteiger partial charge in [-0.3, -0.25) is 4.90 Å². The van der Waals surface area contributed by atoms with Crippen molar-refractivity contribution < 1.29 is 26.3 Å². The summed E-state index contributed by atoms with van der Waals surface area (Å²) in [6.45, 7) is 1.80. The van der Waals surface area contributed by atoms with E-state index in [0.29, 0.717) is 5.75 Å². The summed E-state index contributed by atoms with van der Waals surface area (Å²) in [5.41, 5.74) is 0.107. The molecule has 0 saturated carbocycles. The van der Waals surface area contributed by atoms with Crippen LogP contribution in [0.2, 0.25) is 0 Å². The second-order valence-electron chi connectivity index (χ2n) is 7.31. The molecular weight excluding hydrogens is 417 g/mol. The van der Waals surface area contributed by atoms with Crippen molar-refractivity contribution in [3.05, 3.63) is 65.2 Å². The van der Waals surface area contributed by atoms with Crippen molar-refractivity contribution in [2.45, 2.75) is 30.8 Å². The highest BCUT2D eigenvalue weighted by Gasteiger charge is 2.31. The number of alkyl halides is 3. The Bertz CT molecular complexity index is 958. The van der Waals surface area contributed by atoms with Gasteiger partial charge in [0.25, 0.3) is 0 Å². The Morgan fingerprint density at radius 1 is 1.10 bits per heavy atom. The summed E-state index contributed by atoms with van der Waals surface area (Å²) < 4.78 is 72.0. The molecule has 1 N–H and O–H groups in total. The molecule has 0 aromatic heterocycles. The highest BCUT2D eigenvalue weighted by molar-refractivity contribution is 7.88. The monoisotopic (exact) mass is 442 g/mol. The predicted molar refractivity (Wildman–Crippen MR) is 109 cm³/mol. The van der Waals surface area contributed by atoms with Crippen LogP contribution in [0.25, 0.3) is 0 Å². The number of halogens is 3. The van der Waals surface area contributed by atoms with E-state index in [4.69, 9.17) is 4.74 Å². The van der Waals surface area contributed by atoms with E-state index in [2.05, 4.69) is 9.62 Å². The van der Waals surface area contributed by atoms with Gasteiger partial charge < -0.3 is 4.74 Å². The maximum atomic E-state index is 12.9. The van der Waals surface area contributed by atoms with E-state index in [1.165, 1.54) is 12.1 Å². The first-order valence-corrected chi connectivity index (χ1v) is 11.4. The van der Waals surface area contributed by atoms with Crippen LogP contribution in [0.1, 0.15) is 35.6 Å². The second-order valence-corrected chi connectivity index (χ2v) is 9.11. The van der Waals surface area contributed by atoms with Crippen LogP contribution in [0, 0.1) is 0 Å². The molecule has 0 amide bonds. The maximum absolute atomic E-state index is 12.9. The molecule has 1 heterocycles. The number of rotatable bonds is 8. The van der Waals surface area contributed by atoms with Gasteiger partial charge >= 0.3 is 6.18 Å². The topological polar surface area (TPSA) is 58.6 Å². The molecule has 1 aliphatic rings. The molecule has 0 spiro atoms. The maximum Gasteiger partial charge on any atom is 0.416 e. The fourth-order valence-electron chi connectivity index (χ4n) is 3.74. The van der Waals surface area contributed by atoms with Gasteiger partial charge in [0.05, 0.1) is 24.5 Å². The molecule has 30 heavy (non-hydrogen) atoms. The van der Waals surface area contributed by atoms with Gasteiger partial charge in [0.2, 0.25) is 10.0 Å². The molecule has 2 aromatic rings. The fraction of sp³-hybridized carbons (Fsp3) is 0.429. The van der Waals surface area contributed by atoms with Gasteiger partial charge in [-0.25, -0.2) is 13.1 Å². The summed E-state index contributed by atoms with van der Waals surface area (Å²) in [7, 11) is -2.27. The zero-order chi connectivity index (χ0) is 21.8. The number of benzene rings is 2. The van der Waals surface area contributed by atoms with E-state index in [0.717, 1.165) is 43.6 Å². The lowest BCUT2D eigenvalue weighted by atomic mass is 10.0. The molecule has 0 aliphatic carbocycles. The van der Waals surface area contributed by atoms with Crippen LogP contribution in [0.5, 0.6) is 5.75 Å². The molecule has 164 valence electrons. The molecule has 0 unspecified atom stereocenters. The quantitative estimate of drug-likeness (QED) is 0.672. The average molecular weight is 443 g/mol. The van der Waals surface area contributed by atoms with Gasteiger partial charge in [-0.2, -0.15) is 13.2 Å². The van der Waals surface area contributed by atoms with Crippen molar-refractivity contribution in [3.8, 4) is 5.75 Å². The Kier molecular flexibility index (Phi) is 7.05. The van der Waals surface area contributed by atoms with Gasteiger partial charge in [0.15, 0.2) is 0 Å². The van der Waals surface area contributed by atoms with Crippen LogP contribution in [-0.4, -0.2) is 40.1 Å². The highest BCUT2D eigenvalue weighted by atomic mass is 32.2. The molecular formula is C21H25F3N2O3S. The lowest BCUT2D eigenvalue weighted by Crippen LogP contribution is -2.37. The Morgan fingerprint density at radius 3 is 2.47 bits per heavy atom. The molecule has 1 fully saturated rings. The van der Waals surface area contributed by atoms with Gasteiger partial charge in [0, 0.05) is 12.1 Å². The third-order valence-electron chi connectivity index (χ3n) is 5.19. The molecule has 1 saturated heterocycles. The number of para-hydroxylation sites is 1. The Hall–Kier alpha value is -2.10. The third-order valence-corrected chi connectivity index (χ3v) is 6.51. The smallest absolute Gasteiger partial charge is 0.416 e. The largest absolute Gasteiger partial charge is 0.496 e.